The summed E-state index contributed by atoms with van der Waals surface area (Å²) in [6, 6.07) is 9.77. The summed E-state index contributed by atoms with van der Waals surface area (Å²) in [5.74, 6) is -0.999. The van der Waals surface area contributed by atoms with Crippen LogP contribution in [0, 0.1) is 12.7 Å². The Balaban J connectivity index is 2.30. The molecule has 0 saturated carbocycles. The molecule has 0 aliphatic heterocycles. The fraction of sp³-hybridized carbons (Fsp3) is 0.316. The summed E-state index contributed by atoms with van der Waals surface area (Å²) in [4.78, 5) is 12.4. The van der Waals surface area contributed by atoms with Gasteiger partial charge in [0.25, 0.3) is 15.9 Å². The minimum absolute atomic E-state index is 0.0105. The van der Waals surface area contributed by atoms with Gasteiger partial charge in [0.15, 0.2) is 0 Å². The van der Waals surface area contributed by atoms with Crippen molar-refractivity contribution < 1.29 is 17.6 Å². The van der Waals surface area contributed by atoms with E-state index in [1.54, 1.807) is 13.0 Å². The van der Waals surface area contributed by atoms with Gasteiger partial charge in [0.05, 0.1) is 10.6 Å². The molecule has 0 heterocycles. The van der Waals surface area contributed by atoms with Crippen molar-refractivity contribution in [1.82, 2.24) is 5.32 Å². The smallest absolute Gasteiger partial charge is 0.262 e. The van der Waals surface area contributed by atoms with E-state index < -0.39 is 15.8 Å². The molecule has 140 valence electrons. The molecule has 2 N–H and O–H groups in total. The van der Waals surface area contributed by atoms with Crippen LogP contribution in [0.2, 0.25) is 0 Å². The Hall–Kier alpha value is -2.41. The number of hydrogen-bond donors (Lipinski definition) is 2. The molecule has 0 aromatic heterocycles. The van der Waals surface area contributed by atoms with E-state index in [-0.39, 0.29) is 28.1 Å². The zero-order chi connectivity index (χ0) is 19.3. The normalized spacial score (nSPS) is 12.5. The van der Waals surface area contributed by atoms with Crippen molar-refractivity contribution in [3.63, 3.8) is 0 Å². The average molecular weight is 378 g/mol. The second kappa shape index (κ2) is 8.31. The van der Waals surface area contributed by atoms with E-state index in [1.165, 1.54) is 36.4 Å². The minimum atomic E-state index is -4.02. The first-order valence-corrected chi connectivity index (χ1v) is 9.91. The van der Waals surface area contributed by atoms with Crippen molar-refractivity contribution in [3.05, 3.63) is 59.4 Å². The second-order valence-corrected chi connectivity index (χ2v) is 7.91. The van der Waals surface area contributed by atoms with Gasteiger partial charge in [0.1, 0.15) is 5.82 Å². The summed E-state index contributed by atoms with van der Waals surface area (Å²) >= 11 is 0. The molecule has 0 fully saturated rings. The number of sulfonamides is 1. The molecule has 2 aromatic rings. The van der Waals surface area contributed by atoms with Crippen LogP contribution in [0.4, 0.5) is 10.1 Å². The maximum atomic E-state index is 13.7. The van der Waals surface area contributed by atoms with Gasteiger partial charge in [-0.1, -0.05) is 31.5 Å². The second-order valence-electron chi connectivity index (χ2n) is 6.23. The van der Waals surface area contributed by atoms with Crippen molar-refractivity contribution in [2.75, 3.05) is 4.72 Å². The topological polar surface area (TPSA) is 75.3 Å². The van der Waals surface area contributed by atoms with Gasteiger partial charge in [-0.2, -0.15) is 0 Å². The highest BCUT2D eigenvalue weighted by molar-refractivity contribution is 7.92. The van der Waals surface area contributed by atoms with Gasteiger partial charge in [-0.25, -0.2) is 12.8 Å². The Kier molecular flexibility index (Phi) is 6.37. The maximum Gasteiger partial charge on any atom is 0.262 e. The summed E-state index contributed by atoms with van der Waals surface area (Å²) in [5, 5.41) is 2.86. The average Bonchev–Trinajstić information content (AvgIpc) is 2.57. The summed E-state index contributed by atoms with van der Waals surface area (Å²) < 4.78 is 41.1. The molecule has 0 aliphatic carbocycles. The van der Waals surface area contributed by atoms with E-state index in [1.807, 2.05) is 13.8 Å². The van der Waals surface area contributed by atoms with Gasteiger partial charge < -0.3 is 5.32 Å². The number of para-hydroxylation sites is 1. The van der Waals surface area contributed by atoms with Crippen LogP contribution in [0.15, 0.2) is 47.4 Å². The standard InChI is InChI=1S/C19H23FN2O3S/c1-4-7-14(3)21-19(23)16-12-15(11-10-13(16)2)26(24,25)22-18-9-6-5-8-17(18)20/h5-6,8-12,14,22H,4,7H2,1-3H3,(H,21,23). The van der Waals surface area contributed by atoms with Crippen molar-refractivity contribution >= 4 is 21.6 Å². The zero-order valence-corrected chi connectivity index (χ0v) is 15.9. The highest BCUT2D eigenvalue weighted by Gasteiger charge is 2.20. The van der Waals surface area contributed by atoms with Gasteiger partial charge in [-0.15, -0.1) is 0 Å². The lowest BCUT2D eigenvalue weighted by Crippen LogP contribution is -2.33. The largest absolute Gasteiger partial charge is 0.350 e. The predicted octanol–water partition coefficient (Wildman–Crippen LogP) is 3.85. The van der Waals surface area contributed by atoms with Crippen molar-refractivity contribution in [2.45, 2.75) is 44.6 Å². The van der Waals surface area contributed by atoms with E-state index in [9.17, 15) is 17.6 Å². The third-order valence-electron chi connectivity index (χ3n) is 3.98. The highest BCUT2D eigenvalue weighted by Crippen LogP contribution is 2.21. The van der Waals surface area contributed by atoms with Crippen LogP contribution in [-0.2, 0) is 10.0 Å². The van der Waals surface area contributed by atoms with Gasteiger partial charge in [0, 0.05) is 11.6 Å². The number of nitrogens with one attached hydrogen (secondary N) is 2. The molecule has 0 saturated heterocycles. The number of benzene rings is 2. The van der Waals surface area contributed by atoms with Crippen LogP contribution in [-0.4, -0.2) is 20.4 Å². The van der Waals surface area contributed by atoms with Crippen LogP contribution in [0.3, 0.4) is 0 Å². The van der Waals surface area contributed by atoms with Gasteiger partial charge >= 0.3 is 0 Å². The molecule has 1 amide bonds. The monoisotopic (exact) mass is 378 g/mol. The fourth-order valence-electron chi connectivity index (χ4n) is 2.57. The fourth-order valence-corrected chi connectivity index (χ4v) is 3.66. The number of aryl methyl sites for hydroxylation is 1. The van der Waals surface area contributed by atoms with E-state index in [4.69, 9.17) is 0 Å². The predicted molar refractivity (Wildman–Crippen MR) is 100 cm³/mol. The SMILES string of the molecule is CCCC(C)NC(=O)c1cc(S(=O)(=O)Nc2ccccc2F)ccc1C. The lowest BCUT2D eigenvalue weighted by Gasteiger charge is -2.15. The third-order valence-corrected chi connectivity index (χ3v) is 5.34. The number of amides is 1. The molecule has 0 aliphatic rings. The van der Waals surface area contributed by atoms with E-state index in [0.717, 1.165) is 12.8 Å². The maximum absolute atomic E-state index is 13.7. The van der Waals surface area contributed by atoms with Crippen LogP contribution < -0.4 is 10.0 Å². The van der Waals surface area contributed by atoms with E-state index in [0.29, 0.717) is 5.56 Å². The molecule has 2 rings (SSSR count). The number of anilines is 1. The number of carbonyl (C=O) groups is 1. The van der Waals surface area contributed by atoms with Crippen LogP contribution in [0.25, 0.3) is 0 Å². The lowest BCUT2D eigenvalue weighted by molar-refractivity contribution is 0.0937. The van der Waals surface area contributed by atoms with Gasteiger partial charge in [-0.05, 0) is 50.1 Å². The van der Waals surface area contributed by atoms with Crippen molar-refractivity contribution in [2.24, 2.45) is 0 Å². The van der Waals surface area contributed by atoms with E-state index >= 15 is 0 Å². The molecule has 1 atom stereocenters. The third kappa shape index (κ3) is 4.82. The molecule has 0 radical (unpaired) electrons. The first-order valence-electron chi connectivity index (χ1n) is 8.43. The summed E-state index contributed by atoms with van der Waals surface area (Å²) in [6.45, 7) is 5.66. The highest BCUT2D eigenvalue weighted by atomic mass is 32.2. The molecule has 2 aromatic carbocycles. The Bertz CT molecular complexity index is 897. The van der Waals surface area contributed by atoms with Gasteiger partial charge in [-0.3, -0.25) is 9.52 Å². The van der Waals surface area contributed by atoms with E-state index in [2.05, 4.69) is 10.0 Å². The van der Waals surface area contributed by atoms with Gasteiger partial charge in [0.2, 0.25) is 0 Å². The molecular weight excluding hydrogens is 355 g/mol. The first-order chi connectivity index (χ1) is 12.2. The number of carbonyl (C=O) groups excluding carboxylic acids is 1. The zero-order valence-electron chi connectivity index (χ0n) is 15.0. The molecule has 5 nitrogen and oxygen atoms in total. The van der Waals surface area contributed by atoms with Crippen molar-refractivity contribution in [1.29, 1.82) is 0 Å². The minimum Gasteiger partial charge on any atom is -0.350 e. The lowest BCUT2D eigenvalue weighted by atomic mass is 10.1. The molecule has 1 unspecified atom stereocenters. The number of halogens is 1. The first kappa shape index (κ1) is 19.9. The summed E-state index contributed by atoms with van der Waals surface area (Å²) in [5.41, 5.74) is 0.802. The Morgan fingerprint density at radius 2 is 1.88 bits per heavy atom. The molecule has 0 spiro atoms. The Morgan fingerprint density at radius 3 is 2.54 bits per heavy atom. The number of hydrogen-bond acceptors (Lipinski definition) is 3. The summed E-state index contributed by atoms with van der Waals surface area (Å²) in [6.07, 6.45) is 1.76. The molecular formula is C19H23FN2O3S. The molecule has 0 bridgehead atoms. The van der Waals surface area contributed by atoms with Crippen LogP contribution >= 0.6 is 0 Å². The summed E-state index contributed by atoms with van der Waals surface area (Å²) in [7, 11) is -4.02. The molecule has 7 heteroatoms. The number of rotatable bonds is 7. The van der Waals surface area contributed by atoms with Crippen molar-refractivity contribution in [3.8, 4) is 0 Å². The Morgan fingerprint density at radius 1 is 1.19 bits per heavy atom. The quantitative estimate of drug-likeness (QED) is 0.768. The Labute approximate surface area is 153 Å². The van der Waals surface area contributed by atoms with Crippen LogP contribution in [0.5, 0.6) is 0 Å². The molecule has 26 heavy (non-hydrogen) atoms. The van der Waals surface area contributed by atoms with Crippen LogP contribution in [0.1, 0.15) is 42.6 Å².